The number of sulfonamides is 1. The molecule has 1 saturated heterocycles. The third-order valence-corrected chi connectivity index (χ3v) is 6.25. The van der Waals surface area contributed by atoms with Crippen LogP contribution in [0.2, 0.25) is 0 Å². The van der Waals surface area contributed by atoms with E-state index < -0.39 is 15.6 Å². The Morgan fingerprint density at radius 1 is 1.33 bits per heavy atom. The van der Waals surface area contributed by atoms with Gasteiger partial charge in [0.05, 0.1) is 4.90 Å². The number of benzene rings is 1. The molecule has 1 fully saturated rings. The van der Waals surface area contributed by atoms with Crippen LogP contribution in [0.25, 0.3) is 0 Å². The van der Waals surface area contributed by atoms with Crippen molar-refractivity contribution in [2.75, 3.05) is 19.6 Å². The molecule has 0 radical (unpaired) electrons. The minimum Gasteiger partial charge on any atom is -0.314 e. The lowest BCUT2D eigenvalue weighted by atomic mass is 10.0. The van der Waals surface area contributed by atoms with Crippen LogP contribution in [0.5, 0.6) is 0 Å². The predicted molar refractivity (Wildman–Crippen MR) is 75.0 cm³/mol. The number of rotatable bonds is 2. The summed E-state index contributed by atoms with van der Waals surface area (Å²) in [6, 6.07) is 6.94. The highest BCUT2D eigenvalue weighted by Crippen LogP contribution is 2.29. The van der Waals surface area contributed by atoms with E-state index in [9.17, 15) is 8.42 Å². The number of piperazine rings is 1. The van der Waals surface area contributed by atoms with Crippen LogP contribution in [0.4, 0.5) is 0 Å². The first kappa shape index (κ1) is 14.0. The van der Waals surface area contributed by atoms with E-state index >= 15 is 0 Å². The molecule has 1 N–H and O–H groups in total. The first-order valence-electron chi connectivity index (χ1n) is 5.84. The summed E-state index contributed by atoms with van der Waals surface area (Å²) in [5, 5.41) is 3.23. The Kier molecular flexibility index (Phi) is 3.82. The van der Waals surface area contributed by atoms with Gasteiger partial charge in [0.25, 0.3) is 0 Å². The molecule has 0 unspecified atom stereocenters. The quantitative estimate of drug-likeness (QED) is 0.898. The highest BCUT2D eigenvalue weighted by molar-refractivity contribution is 9.10. The number of nitrogens with zero attached hydrogens (tertiary/aromatic N) is 1. The van der Waals surface area contributed by atoms with E-state index in [1.54, 1.807) is 22.5 Å². The molecule has 2 rings (SSSR count). The molecule has 6 heteroatoms. The lowest BCUT2D eigenvalue weighted by Crippen LogP contribution is -2.59. The summed E-state index contributed by atoms with van der Waals surface area (Å²) in [5.41, 5.74) is -0.410. The van der Waals surface area contributed by atoms with Gasteiger partial charge in [-0.25, -0.2) is 8.42 Å². The first-order valence-corrected chi connectivity index (χ1v) is 8.07. The molecule has 1 aliphatic rings. The third kappa shape index (κ3) is 2.47. The van der Waals surface area contributed by atoms with Crippen molar-refractivity contribution in [3.05, 3.63) is 28.7 Å². The minimum absolute atomic E-state index is 0.333. The molecule has 0 saturated carbocycles. The maximum absolute atomic E-state index is 12.7. The van der Waals surface area contributed by atoms with Crippen molar-refractivity contribution in [3.8, 4) is 0 Å². The topological polar surface area (TPSA) is 49.4 Å². The molecule has 1 aromatic rings. The summed E-state index contributed by atoms with van der Waals surface area (Å²) in [4.78, 5) is 0.333. The number of hydrogen-bond acceptors (Lipinski definition) is 3. The van der Waals surface area contributed by atoms with Crippen LogP contribution in [0, 0.1) is 0 Å². The van der Waals surface area contributed by atoms with Gasteiger partial charge < -0.3 is 5.32 Å². The molecule has 1 aliphatic heterocycles. The second-order valence-corrected chi connectivity index (χ2v) is 7.68. The SMILES string of the molecule is CC1(C)CNCCN1S(=O)(=O)c1ccccc1Br. The Bertz CT molecular complexity index is 543. The zero-order valence-corrected chi connectivity index (χ0v) is 12.9. The molecule has 1 heterocycles. The van der Waals surface area contributed by atoms with Gasteiger partial charge in [0, 0.05) is 29.6 Å². The summed E-state index contributed by atoms with van der Waals surface area (Å²) in [6.07, 6.45) is 0. The predicted octanol–water partition coefficient (Wildman–Crippen LogP) is 1.82. The molecule has 0 atom stereocenters. The van der Waals surface area contributed by atoms with Gasteiger partial charge >= 0.3 is 0 Å². The summed E-state index contributed by atoms with van der Waals surface area (Å²) < 4.78 is 27.6. The molecular formula is C12H17BrN2O2S. The van der Waals surface area contributed by atoms with E-state index in [0.717, 1.165) is 0 Å². The molecule has 18 heavy (non-hydrogen) atoms. The zero-order valence-electron chi connectivity index (χ0n) is 10.5. The maximum atomic E-state index is 12.7. The monoisotopic (exact) mass is 332 g/mol. The van der Waals surface area contributed by atoms with Crippen LogP contribution in [-0.2, 0) is 10.0 Å². The van der Waals surface area contributed by atoms with Gasteiger partial charge in [0.2, 0.25) is 10.0 Å². The van der Waals surface area contributed by atoms with Gasteiger partial charge in [-0.15, -0.1) is 0 Å². The van der Waals surface area contributed by atoms with Crippen LogP contribution in [-0.4, -0.2) is 37.9 Å². The van der Waals surface area contributed by atoms with Crippen molar-refractivity contribution in [2.45, 2.75) is 24.3 Å². The molecule has 0 bridgehead atoms. The fourth-order valence-corrected chi connectivity index (χ4v) is 4.93. The molecule has 0 aliphatic carbocycles. The number of hydrogen-bond donors (Lipinski definition) is 1. The third-order valence-electron chi connectivity index (χ3n) is 3.13. The summed E-state index contributed by atoms with van der Waals surface area (Å²) in [5.74, 6) is 0. The maximum Gasteiger partial charge on any atom is 0.244 e. The Balaban J connectivity index is 2.46. The van der Waals surface area contributed by atoms with Crippen molar-refractivity contribution in [1.82, 2.24) is 9.62 Å². The molecule has 100 valence electrons. The standard InChI is InChI=1S/C12H17BrN2O2S/c1-12(2)9-14-7-8-15(12)18(16,17)11-6-4-3-5-10(11)13/h3-6,14H,7-9H2,1-2H3. The Morgan fingerprint density at radius 2 is 2.00 bits per heavy atom. The molecule has 1 aromatic carbocycles. The zero-order chi connectivity index (χ0) is 13.4. The summed E-state index contributed by atoms with van der Waals surface area (Å²) in [7, 11) is -3.45. The van der Waals surface area contributed by atoms with Crippen LogP contribution < -0.4 is 5.32 Å². The van der Waals surface area contributed by atoms with Crippen molar-refractivity contribution in [1.29, 1.82) is 0 Å². The first-order chi connectivity index (χ1) is 8.36. The minimum atomic E-state index is -3.45. The summed E-state index contributed by atoms with van der Waals surface area (Å²) >= 11 is 3.31. The second kappa shape index (κ2) is 4.92. The van der Waals surface area contributed by atoms with E-state index in [1.165, 1.54) is 0 Å². The molecule has 0 amide bonds. The van der Waals surface area contributed by atoms with E-state index in [-0.39, 0.29) is 0 Å². The van der Waals surface area contributed by atoms with Gasteiger partial charge in [-0.2, -0.15) is 4.31 Å². The Morgan fingerprint density at radius 3 is 2.61 bits per heavy atom. The van der Waals surface area contributed by atoms with Gasteiger partial charge in [-0.3, -0.25) is 0 Å². The fourth-order valence-electron chi connectivity index (χ4n) is 2.18. The number of nitrogens with one attached hydrogen (secondary N) is 1. The normalized spacial score (nSPS) is 20.8. The van der Waals surface area contributed by atoms with Gasteiger partial charge in [0.1, 0.15) is 0 Å². The van der Waals surface area contributed by atoms with E-state index in [4.69, 9.17) is 0 Å². The smallest absolute Gasteiger partial charge is 0.244 e. The van der Waals surface area contributed by atoms with Crippen molar-refractivity contribution in [3.63, 3.8) is 0 Å². The van der Waals surface area contributed by atoms with Gasteiger partial charge in [0.15, 0.2) is 0 Å². The van der Waals surface area contributed by atoms with Crippen molar-refractivity contribution < 1.29 is 8.42 Å². The molecule has 0 aromatic heterocycles. The highest BCUT2D eigenvalue weighted by atomic mass is 79.9. The lowest BCUT2D eigenvalue weighted by Gasteiger charge is -2.41. The average molecular weight is 333 g/mol. The average Bonchev–Trinajstić information content (AvgIpc) is 2.28. The van der Waals surface area contributed by atoms with Crippen molar-refractivity contribution in [2.24, 2.45) is 0 Å². The van der Waals surface area contributed by atoms with Crippen LogP contribution in [0.3, 0.4) is 0 Å². The van der Waals surface area contributed by atoms with Crippen LogP contribution in [0.1, 0.15) is 13.8 Å². The van der Waals surface area contributed by atoms with Gasteiger partial charge in [-0.1, -0.05) is 12.1 Å². The Hall–Kier alpha value is -0.430. The highest BCUT2D eigenvalue weighted by Gasteiger charge is 2.39. The van der Waals surface area contributed by atoms with Crippen LogP contribution in [0.15, 0.2) is 33.6 Å². The molecule has 0 spiro atoms. The van der Waals surface area contributed by atoms with E-state index in [0.29, 0.717) is 29.0 Å². The number of halogens is 1. The van der Waals surface area contributed by atoms with Crippen LogP contribution >= 0.6 is 15.9 Å². The molecular weight excluding hydrogens is 316 g/mol. The van der Waals surface area contributed by atoms with Crippen molar-refractivity contribution >= 4 is 26.0 Å². The second-order valence-electron chi connectivity index (χ2n) is 5.00. The van der Waals surface area contributed by atoms with Gasteiger partial charge in [-0.05, 0) is 41.9 Å². The Labute approximate surface area is 117 Å². The van der Waals surface area contributed by atoms with E-state index in [2.05, 4.69) is 21.2 Å². The molecule has 4 nitrogen and oxygen atoms in total. The summed E-state index contributed by atoms with van der Waals surface area (Å²) in [6.45, 7) is 5.72. The fraction of sp³-hybridized carbons (Fsp3) is 0.500. The largest absolute Gasteiger partial charge is 0.314 e. The van der Waals surface area contributed by atoms with E-state index in [1.807, 2.05) is 19.9 Å². The lowest BCUT2D eigenvalue weighted by molar-refractivity contribution is 0.186.